The van der Waals surface area contributed by atoms with E-state index in [1.165, 1.54) is 4.31 Å². The lowest BCUT2D eigenvalue weighted by molar-refractivity contribution is -0.137. The number of amides is 1. The molecule has 0 N–H and O–H groups in total. The quantitative estimate of drug-likeness (QED) is 0.842. The van der Waals surface area contributed by atoms with Gasteiger partial charge in [0.25, 0.3) is 0 Å². The number of piperazine rings is 1. The average molecular weight is 324 g/mol. The molecule has 122 valence electrons. The number of nitrogens with zero attached hydrogens (tertiary/aromatic N) is 2. The highest BCUT2D eigenvalue weighted by atomic mass is 32.2. The normalized spacial score (nSPS) is 17.5. The maximum Gasteiger partial charge on any atom is 0.232 e. The first kappa shape index (κ1) is 17.0. The molecule has 5 nitrogen and oxygen atoms in total. The summed E-state index contributed by atoms with van der Waals surface area (Å²) in [6, 6.07) is 9.69. The van der Waals surface area contributed by atoms with Gasteiger partial charge in [0.2, 0.25) is 15.9 Å². The predicted molar refractivity (Wildman–Crippen MR) is 87.1 cm³/mol. The lowest BCUT2D eigenvalue weighted by Gasteiger charge is -2.38. The van der Waals surface area contributed by atoms with Crippen molar-refractivity contribution in [2.24, 2.45) is 0 Å². The average Bonchev–Trinajstić information content (AvgIpc) is 2.55. The summed E-state index contributed by atoms with van der Waals surface area (Å²) in [5.41, 5.74) is 0.371. The minimum Gasteiger partial charge on any atom is -0.339 e. The Hall–Kier alpha value is -1.40. The van der Waals surface area contributed by atoms with Crippen LogP contribution in [0.1, 0.15) is 26.3 Å². The zero-order valence-corrected chi connectivity index (χ0v) is 14.3. The number of sulfonamides is 1. The summed E-state index contributed by atoms with van der Waals surface area (Å²) in [4.78, 5) is 14.6. The Labute approximate surface area is 133 Å². The van der Waals surface area contributed by atoms with Crippen LogP contribution in [0.15, 0.2) is 30.3 Å². The summed E-state index contributed by atoms with van der Waals surface area (Å²) >= 11 is 0. The summed E-state index contributed by atoms with van der Waals surface area (Å²) in [6.45, 7) is 7.15. The van der Waals surface area contributed by atoms with Crippen LogP contribution in [0.3, 0.4) is 0 Å². The van der Waals surface area contributed by atoms with Crippen molar-refractivity contribution in [3.8, 4) is 0 Å². The Balaban J connectivity index is 2.07. The molecule has 1 amide bonds. The van der Waals surface area contributed by atoms with Crippen molar-refractivity contribution in [1.82, 2.24) is 9.21 Å². The Morgan fingerprint density at radius 2 is 1.64 bits per heavy atom. The third-order valence-electron chi connectivity index (χ3n) is 4.31. The van der Waals surface area contributed by atoms with E-state index in [1.807, 2.05) is 44.2 Å². The molecule has 22 heavy (non-hydrogen) atoms. The van der Waals surface area contributed by atoms with Gasteiger partial charge in [-0.2, -0.15) is 4.31 Å². The zero-order valence-electron chi connectivity index (χ0n) is 13.4. The van der Waals surface area contributed by atoms with Crippen molar-refractivity contribution in [3.63, 3.8) is 0 Å². The molecule has 1 fully saturated rings. The molecule has 0 aliphatic carbocycles. The summed E-state index contributed by atoms with van der Waals surface area (Å²) in [5.74, 6) is 0.156. The van der Waals surface area contributed by atoms with Gasteiger partial charge in [-0.3, -0.25) is 4.79 Å². The van der Waals surface area contributed by atoms with Crippen LogP contribution < -0.4 is 0 Å². The van der Waals surface area contributed by atoms with Crippen molar-refractivity contribution in [2.45, 2.75) is 26.2 Å². The molecule has 1 aliphatic rings. The lowest BCUT2D eigenvalue weighted by atomic mass is 9.83. The van der Waals surface area contributed by atoms with Gasteiger partial charge in [-0.05, 0) is 26.3 Å². The van der Waals surface area contributed by atoms with Crippen LogP contribution in [0.5, 0.6) is 0 Å². The van der Waals surface area contributed by atoms with Gasteiger partial charge < -0.3 is 4.90 Å². The fraction of sp³-hybridized carbons (Fsp3) is 0.562. The van der Waals surface area contributed by atoms with E-state index in [1.54, 1.807) is 11.8 Å². The first-order chi connectivity index (χ1) is 10.3. The van der Waals surface area contributed by atoms with Crippen LogP contribution >= 0.6 is 0 Å². The van der Waals surface area contributed by atoms with Crippen LogP contribution in [-0.4, -0.2) is 55.5 Å². The monoisotopic (exact) mass is 324 g/mol. The molecule has 0 radical (unpaired) electrons. The van der Waals surface area contributed by atoms with E-state index in [4.69, 9.17) is 0 Å². The van der Waals surface area contributed by atoms with Gasteiger partial charge >= 0.3 is 0 Å². The molecular weight excluding hydrogens is 300 g/mol. The molecule has 0 atom stereocenters. The van der Waals surface area contributed by atoms with Crippen LogP contribution in [0, 0.1) is 0 Å². The molecule has 6 heteroatoms. The van der Waals surface area contributed by atoms with Gasteiger partial charge in [0.15, 0.2) is 0 Å². The van der Waals surface area contributed by atoms with Gasteiger partial charge in [-0.25, -0.2) is 8.42 Å². The number of rotatable bonds is 4. The second-order valence-electron chi connectivity index (χ2n) is 6.08. The van der Waals surface area contributed by atoms with Crippen molar-refractivity contribution >= 4 is 15.9 Å². The fourth-order valence-corrected chi connectivity index (χ4v) is 3.81. The van der Waals surface area contributed by atoms with Crippen LogP contribution in [-0.2, 0) is 20.2 Å². The maximum absolute atomic E-state index is 12.8. The Morgan fingerprint density at radius 1 is 1.09 bits per heavy atom. The highest BCUT2D eigenvalue weighted by Gasteiger charge is 2.36. The van der Waals surface area contributed by atoms with Gasteiger partial charge in [0.1, 0.15) is 0 Å². The Morgan fingerprint density at radius 3 is 2.14 bits per heavy atom. The van der Waals surface area contributed by atoms with E-state index in [-0.39, 0.29) is 11.7 Å². The Bertz CT molecular complexity index is 618. The summed E-state index contributed by atoms with van der Waals surface area (Å²) in [7, 11) is -3.16. The van der Waals surface area contributed by atoms with Crippen LogP contribution in [0.2, 0.25) is 0 Å². The minimum absolute atomic E-state index is 0.0484. The molecule has 2 rings (SSSR count). The number of benzene rings is 1. The Kier molecular flexibility index (Phi) is 4.92. The lowest BCUT2D eigenvalue weighted by Crippen LogP contribution is -2.54. The second-order valence-corrected chi connectivity index (χ2v) is 8.34. The summed E-state index contributed by atoms with van der Waals surface area (Å²) in [5, 5.41) is 0. The molecule has 1 saturated heterocycles. The molecule has 0 saturated carbocycles. The summed E-state index contributed by atoms with van der Waals surface area (Å²) < 4.78 is 25.2. The number of hydrogen-bond acceptors (Lipinski definition) is 3. The highest BCUT2D eigenvalue weighted by molar-refractivity contribution is 7.89. The molecule has 0 bridgehead atoms. The third kappa shape index (κ3) is 3.33. The van der Waals surface area contributed by atoms with Gasteiger partial charge in [0, 0.05) is 26.2 Å². The van der Waals surface area contributed by atoms with Gasteiger partial charge in [-0.1, -0.05) is 30.3 Å². The standard InChI is InChI=1S/C16H24N2O3S/c1-4-22(20,21)18-12-10-17(11-13-18)15(19)16(2,3)14-8-6-5-7-9-14/h5-9H,4,10-13H2,1-3H3. The number of carbonyl (C=O) groups excluding carboxylic acids is 1. The van der Waals surface area contributed by atoms with E-state index in [9.17, 15) is 13.2 Å². The van der Waals surface area contributed by atoms with E-state index in [0.29, 0.717) is 26.2 Å². The molecule has 1 aromatic carbocycles. The largest absolute Gasteiger partial charge is 0.339 e. The van der Waals surface area contributed by atoms with E-state index < -0.39 is 15.4 Å². The molecule has 1 aromatic rings. The molecule has 1 aliphatic heterocycles. The molecule has 0 spiro atoms. The summed E-state index contributed by atoms with van der Waals surface area (Å²) in [6.07, 6.45) is 0. The molecular formula is C16H24N2O3S. The van der Waals surface area contributed by atoms with Crippen molar-refractivity contribution in [2.75, 3.05) is 31.9 Å². The minimum atomic E-state index is -3.16. The van der Waals surface area contributed by atoms with Crippen LogP contribution in [0.4, 0.5) is 0 Å². The highest BCUT2D eigenvalue weighted by Crippen LogP contribution is 2.26. The molecule has 0 aromatic heterocycles. The zero-order chi connectivity index (χ0) is 16.4. The van der Waals surface area contributed by atoms with E-state index >= 15 is 0 Å². The first-order valence-corrected chi connectivity index (χ1v) is 9.22. The van der Waals surface area contributed by atoms with E-state index in [2.05, 4.69) is 0 Å². The number of carbonyl (C=O) groups is 1. The fourth-order valence-electron chi connectivity index (χ4n) is 2.73. The molecule has 1 heterocycles. The maximum atomic E-state index is 12.8. The molecule has 0 unspecified atom stereocenters. The van der Waals surface area contributed by atoms with E-state index in [0.717, 1.165) is 5.56 Å². The van der Waals surface area contributed by atoms with Crippen LogP contribution in [0.25, 0.3) is 0 Å². The number of hydrogen-bond donors (Lipinski definition) is 0. The third-order valence-corrected chi connectivity index (χ3v) is 6.20. The topological polar surface area (TPSA) is 57.7 Å². The van der Waals surface area contributed by atoms with Gasteiger partial charge in [0.05, 0.1) is 11.2 Å². The van der Waals surface area contributed by atoms with Gasteiger partial charge in [-0.15, -0.1) is 0 Å². The smallest absolute Gasteiger partial charge is 0.232 e. The second kappa shape index (κ2) is 6.38. The predicted octanol–water partition coefficient (Wildman–Crippen LogP) is 1.46. The van der Waals surface area contributed by atoms with Crippen molar-refractivity contribution < 1.29 is 13.2 Å². The van der Waals surface area contributed by atoms with Crippen molar-refractivity contribution in [3.05, 3.63) is 35.9 Å². The van der Waals surface area contributed by atoms with Crippen molar-refractivity contribution in [1.29, 1.82) is 0 Å². The SMILES string of the molecule is CCS(=O)(=O)N1CCN(C(=O)C(C)(C)c2ccccc2)CC1. The first-order valence-electron chi connectivity index (χ1n) is 7.62.